The van der Waals surface area contributed by atoms with Crippen molar-refractivity contribution >= 4 is 0 Å². The van der Waals surface area contributed by atoms with Gasteiger partial charge in [-0.25, -0.2) is 0 Å². The van der Waals surface area contributed by atoms with Crippen LogP contribution in [0.5, 0.6) is 0 Å². The largest absolute Gasteiger partial charge is 0.330 e. The topological polar surface area (TPSA) is 38.0 Å². The van der Waals surface area contributed by atoms with E-state index in [1.165, 1.54) is 32.1 Å². The summed E-state index contributed by atoms with van der Waals surface area (Å²) in [6.07, 6.45) is 6.46. The first kappa shape index (κ1) is 12.2. The number of nitrogens with two attached hydrogens (primary N) is 1. The fraction of sp³-hybridized carbons (Fsp3) is 0.625. The van der Waals surface area contributed by atoms with Crippen LogP contribution in [0.3, 0.4) is 0 Å². The minimum Gasteiger partial charge on any atom is -0.330 e. The zero-order chi connectivity index (χ0) is 12.4. The first-order chi connectivity index (χ1) is 8.86. The van der Waals surface area contributed by atoms with Gasteiger partial charge in [0.2, 0.25) is 0 Å². The van der Waals surface area contributed by atoms with Crippen LogP contribution < -0.4 is 11.1 Å². The maximum Gasteiger partial charge on any atom is 0.00784 e. The molecule has 2 fully saturated rings. The second-order valence-corrected chi connectivity index (χ2v) is 5.95. The molecule has 0 atom stereocenters. The van der Waals surface area contributed by atoms with Crippen LogP contribution in [0.15, 0.2) is 24.3 Å². The normalized spacial score (nSPS) is 23.6. The quantitative estimate of drug-likeness (QED) is 0.857. The zero-order valence-electron chi connectivity index (χ0n) is 11.1. The van der Waals surface area contributed by atoms with E-state index < -0.39 is 0 Å². The Hall–Kier alpha value is -0.860. The molecule has 2 nitrogen and oxygen atoms in total. The number of benzene rings is 1. The van der Waals surface area contributed by atoms with E-state index in [-0.39, 0.29) is 0 Å². The van der Waals surface area contributed by atoms with Gasteiger partial charge in [-0.05, 0) is 55.8 Å². The summed E-state index contributed by atoms with van der Waals surface area (Å²) in [6, 6.07) is 9.07. The first-order valence-corrected chi connectivity index (χ1v) is 7.36. The molecule has 18 heavy (non-hydrogen) atoms. The number of nitrogens with one attached hydrogen (secondary N) is 1. The van der Waals surface area contributed by atoms with Gasteiger partial charge in [0.1, 0.15) is 0 Å². The molecule has 1 saturated heterocycles. The zero-order valence-corrected chi connectivity index (χ0v) is 11.1. The molecule has 0 spiro atoms. The SMILES string of the molecule is NCC1(c2ccccc2C2CCNCC2)CCC1. The molecular formula is C16H24N2. The van der Waals surface area contributed by atoms with Gasteiger partial charge in [-0.2, -0.15) is 0 Å². The minimum absolute atomic E-state index is 0.307. The molecule has 1 heterocycles. The summed E-state index contributed by atoms with van der Waals surface area (Å²) in [5.74, 6) is 0.742. The van der Waals surface area contributed by atoms with Gasteiger partial charge >= 0.3 is 0 Å². The summed E-state index contributed by atoms with van der Waals surface area (Å²) < 4.78 is 0. The predicted molar refractivity (Wildman–Crippen MR) is 75.9 cm³/mol. The van der Waals surface area contributed by atoms with Crippen molar-refractivity contribution in [2.45, 2.75) is 43.4 Å². The summed E-state index contributed by atoms with van der Waals surface area (Å²) in [5, 5.41) is 3.46. The lowest BCUT2D eigenvalue weighted by Gasteiger charge is -2.44. The van der Waals surface area contributed by atoms with Crippen LogP contribution in [-0.2, 0) is 5.41 Å². The molecule has 1 aromatic rings. The Bertz CT molecular complexity index is 398. The van der Waals surface area contributed by atoms with Gasteiger partial charge in [0, 0.05) is 12.0 Å². The fourth-order valence-electron chi connectivity index (χ4n) is 3.66. The highest BCUT2D eigenvalue weighted by molar-refractivity contribution is 5.39. The fourth-order valence-corrected chi connectivity index (χ4v) is 3.66. The Morgan fingerprint density at radius 1 is 1.17 bits per heavy atom. The van der Waals surface area contributed by atoms with Crippen LogP contribution >= 0.6 is 0 Å². The first-order valence-electron chi connectivity index (χ1n) is 7.36. The summed E-state index contributed by atoms with van der Waals surface area (Å²) >= 11 is 0. The van der Waals surface area contributed by atoms with Crippen LogP contribution in [0.2, 0.25) is 0 Å². The molecule has 0 aromatic heterocycles. The second kappa shape index (κ2) is 5.02. The summed E-state index contributed by atoms with van der Waals surface area (Å²) in [6.45, 7) is 3.14. The number of piperidine rings is 1. The molecule has 1 saturated carbocycles. The van der Waals surface area contributed by atoms with Crippen LogP contribution in [0.25, 0.3) is 0 Å². The third-order valence-corrected chi connectivity index (χ3v) is 5.01. The van der Waals surface area contributed by atoms with E-state index in [1.54, 1.807) is 11.1 Å². The van der Waals surface area contributed by atoms with Crippen molar-refractivity contribution in [1.29, 1.82) is 0 Å². The molecule has 3 rings (SSSR count). The number of hydrogen-bond donors (Lipinski definition) is 2. The van der Waals surface area contributed by atoms with Crippen LogP contribution in [0.4, 0.5) is 0 Å². The van der Waals surface area contributed by atoms with Gasteiger partial charge in [0.05, 0.1) is 0 Å². The molecule has 0 unspecified atom stereocenters. The highest BCUT2D eigenvalue weighted by Gasteiger charge is 2.39. The summed E-state index contributed by atoms with van der Waals surface area (Å²) in [7, 11) is 0. The van der Waals surface area contributed by atoms with E-state index in [0.29, 0.717) is 5.41 Å². The molecule has 0 bridgehead atoms. The third-order valence-electron chi connectivity index (χ3n) is 5.01. The van der Waals surface area contributed by atoms with E-state index in [9.17, 15) is 0 Å². The lowest BCUT2D eigenvalue weighted by atomic mass is 9.62. The average Bonchev–Trinajstić information content (AvgIpc) is 2.40. The van der Waals surface area contributed by atoms with E-state index in [0.717, 1.165) is 25.6 Å². The Labute approximate surface area is 110 Å². The molecule has 1 aliphatic heterocycles. The molecule has 2 heteroatoms. The van der Waals surface area contributed by atoms with Crippen molar-refractivity contribution in [2.75, 3.05) is 19.6 Å². The van der Waals surface area contributed by atoms with Crippen molar-refractivity contribution in [1.82, 2.24) is 5.32 Å². The molecule has 98 valence electrons. The molecule has 2 aliphatic rings. The Balaban J connectivity index is 1.94. The highest BCUT2D eigenvalue weighted by Crippen LogP contribution is 2.46. The Morgan fingerprint density at radius 3 is 2.50 bits per heavy atom. The van der Waals surface area contributed by atoms with Crippen LogP contribution in [0, 0.1) is 0 Å². The van der Waals surface area contributed by atoms with Crippen molar-refractivity contribution < 1.29 is 0 Å². The Morgan fingerprint density at radius 2 is 1.89 bits per heavy atom. The maximum absolute atomic E-state index is 6.09. The van der Waals surface area contributed by atoms with Gasteiger partial charge in [-0.3, -0.25) is 0 Å². The molecular weight excluding hydrogens is 220 g/mol. The lowest BCUT2D eigenvalue weighted by molar-refractivity contribution is 0.249. The molecule has 0 amide bonds. The van der Waals surface area contributed by atoms with Gasteiger partial charge in [0.15, 0.2) is 0 Å². The van der Waals surface area contributed by atoms with Crippen LogP contribution in [0.1, 0.15) is 49.1 Å². The molecule has 1 aliphatic carbocycles. The van der Waals surface area contributed by atoms with E-state index >= 15 is 0 Å². The maximum atomic E-state index is 6.09. The monoisotopic (exact) mass is 244 g/mol. The van der Waals surface area contributed by atoms with E-state index in [1.807, 2.05) is 0 Å². The van der Waals surface area contributed by atoms with E-state index in [2.05, 4.69) is 29.6 Å². The Kier molecular flexibility index (Phi) is 3.40. The van der Waals surface area contributed by atoms with Gasteiger partial charge in [-0.1, -0.05) is 30.7 Å². The van der Waals surface area contributed by atoms with Crippen molar-refractivity contribution in [2.24, 2.45) is 5.73 Å². The smallest absolute Gasteiger partial charge is 0.00784 e. The lowest BCUT2D eigenvalue weighted by Crippen LogP contribution is -2.42. The van der Waals surface area contributed by atoms with Gasteiger partial charge in [0.25, 0.3) is 0 Å². The highest BCUT2D eigenvalue weighted by atomic mass is 14.9. The summed E-state index contributed by atoms with van der Waals surface area (Å²) in [4.78, 5) is 0. The average molecular weight is 244 g/mol. The van der Waals surface area contributed by atoms with Gasteiger partial charge in [-0.15, -0.1) is 0 Å². The van der Waals surface area contributed by atoms with Crippen LogP contribution in [-0.4, -0.2) is 19.6 Å². The molecule has 0 radical (unpaired) electrons. The third kappa shape index (κ3) is 1.98. The van der Waals surface area contributed by atoms with Crippen molar-refractivity contribution in [3.8, 4) is 0 Å². The second-order valence-electron chi connectivity index (χ2n) is 5.95. The van der Waals surface area contributed by atoms with Crippen molar-refractivity contribution in [3.63, 3.8) is 0 Å². The van der Waals surface area contributed by atoms with Gasteiger partial charge < -0.3 is 11.1 Å². The standard InChI is InChI=1S/C16H24N2/c17-12-16(8-3-9-16)15-5-2-1-4-14(15)13-6-10-18-11-7-13/h1-2,4-5,13,18H,3,6-12,17H2. The van der Waals surface area contributed by atoms with E-state index in [4.69, 9.17) is 5.73 Å². The van der Waals surface area contributed by atoms with Crippen molar-refractivity contribution in [3.05, 3.63) is 35.4 Å². The predicted octanol–water partition coefficient (Wildman–Crippen LogP) is 2.53. The molecule has 1 aromatic carbocycles. The minimum atomic E-state index is 0.307. The number of rotatable bonds is 3. The molecule has 3 N–H and O–H groups in total. The summed E-state index contributed by atoms with van der Waals surface area (Å²) in [5.41, 5.74) is 9.54. The number of hydrogen-bond acceptors (Lipinski definition) is 2.